The highest BCUT2D eigenvalue weighted by Gasteiger charge is 2.37. The van der Waals surface area contributed by atoms with Gasteiger partial charge in [0.2, 0.25) is 5.91 Å². The molecule has 0 aromatic heterocycles. The fraction of sp³-hybridized carbons (Fsp3) is 0.298. The molecule has 0 saturated carbocycles. The van der Waals surface area contributed by atoms with Crippen molar-refractivity contribution in [3.05, 3.63) is 161 Å². The number of hydrogen-bond donors (Lipinski definition) is 2. The Balaban J connectivity index is 1.10. The Morgan fingerprint density at radius 3 is 1.88 bits per heavy atom. The highest BCUT2D eigenvalue weighted by atomic mass is 32.2. The molecule has 2 amide bonds. The molecule has 2 N–H and O–H groups in total. The summed E-state index contributed by atoms with van der Waals surface area (Å²) in [6.07, 6.45) is -0.703. The van der Waals surface area contributed by atoms with Gasteiger partial charge >= 0.3 is 12.1 Å². The van der Waals surface area contributed by atoms with Crippen molar-refractivity contribution in [1.82, 2.24) is 10.6 Å². The van der Waals surface area contributed by atoms with Crippen LogP contribution in [0, 0.1) is 6.92 Å². The van der Waals surface area contributed by atoms with Crippen molar-refractivity contribution >= 4 is 29.7 Å². The number of methoxy groups -OCH3 is 1. The highest BCUT2D eigenvalue weighted by Crippen LogP contribution is 2.49. The zero-order valence-electron chi connectivity index (χ0n) is 32.7. The lowest BCUT2D eigenvalue weighted by Gasteiger charge is -2.35. The monoisotopic (exact) mass is 770 g/mol. The summed E-state index contributed by atoms with van der Waals surface area (Å²) in [6.45, 7) is 7.84. The summed E-state index contributed by atoms with van der Waals surface area (Å²) < 4.78 is 16.3. The van der Waals surface area contributed by atoms with E-state index in [1.807, 2.05) is 66.7 Å². The zero-order valence-corrected chi connectivity index (χ0v) is 33.5. The van der Waals surface area contributed by atoms with Crippen LogP contribution in [0.15, 0.2) is 127 Å². The minimum atomic E-state index is -1.08. The molecule has 0 fully saturated rings. The largest absolute Gasteiger partial charge is 0.497 e. The first-order valence-electron chi connectivity index (χ1n) is 19.0. The number of fused-ring (bicyclic) bond motifs is 3. The molecule has 5 aromatic carbocycles. The van der Waals surface area contributed by atoms with Gasteiger partial charge in [-0.3, -0.25) is 4.79 Å². The van der Waals surface area contributed by atoms with Crippen LogP contribution in [0.5, 0.6) is 5.75 Å². The molecule has 1 aliphatic rings. The van der Waals surface area contributed by atoms with Gasteiger partial charge in [-0.2, -0.15) is 0 Å². The summed E-state index contributed by atoms with van der Waals surface area (Å²) in [5.74, 6) is 0.370. The number of ether oxygens (including phenoxy) is 3. The van der Waals surface area contributed by atoms with Gasteiger partial charge in [-0.05, 0) is 85.2 Å². The van der Waals surface area contributed by atoms with Crippen molar-refractivity contribution in [3.63, 3.8) is 0 Å². The second-order valence-electron chi connectivity index (χ2n) is 14.9. The van der Waals surface area contributed by atoms with Crippen LogP contribution in [0.1, 0.15) is 72.9 Å². The smallest absolute Gasteiger partial charge is 0.407 e. The van der Waals surface area contributed by atoms with Gasteiger partial charge in [0.15, 0.2) is 0 Å². The number of alkyl carbamates (subject to hydrolysis) is 1. The lowest BCUT2D eigenvalue weighted by atomic mass is 9.83. The summed E-state index contributed by atoms with van der Waals surface area (Å²) in [5.41, 5.74) is 8.12. The summed E-state index contributed by atoms with van der Waals surface area (Å²) in [6, 6.07) is 42.2. The third-order valence-electron chi connectivity index (χ3n) is 9.86. The number of rotatable bonds is 15. The van der Waals surface area contributed by atoms with E-state index in [0.717, 1.165) is 44.7 Å². The van der Waals surface area contributed by atoms with Crippen molar-refractivity contribution in [2.24, 2.45) is 0 Å². The minimum absolute atomic E-state index is 0.00149. The quantitative estimate of drug-likeness (QED) is 0.0622. The Morgan fingerprint density at radius 1 is 0.732 bits per heavy atom. The highest BCUT2D eigenvalue weighted by molar-refractivity contribution is 8.00. The fourth-order valence-corrected chi connectivity index (χ4v) is 8.62. The average Bonchev–Trinajstić information content (AvgIpc) is 3.52. The van der Waals surface area contributed by atoms with Crippen molar-refractivity contribution < 1.29 is 28.6 Å². The summed E-state index contributed by atoms with van der Waals surface area (Å²) in [5, 5.41) is 5.73. The van der Waals surface area contributed by atoms with Crippen LogP contribution in [0.3, 0.4) is 0 Å². The Morgan fingerprint density at radius 2 is 1.29 bits per heavy atom. The van der Waals surface area contributed by atoms with Gasteiger partial charge in [0.1, 0.15) is 24.0 Å². The van der Waals surface area contributed by atoms with Gasteiger partial charge in [0, 0.05) is 24.6 Å². The third-order valence-corrected chi connectivity index (χ3v) is 11.4. The maximum atomic E-state index is 13.3. The Hall–Kier alpha value is -5.54. The first kappa shape index (κ1) is 40.1. The maximum absolute atomic E-state index is 13.3. The van der Waals surface area contributed by atoms with Gasteiger partial charge < -0.3 is 24.8 Å². The molecule has 0 heterocycles. The van der Waals surface area contributed by atoms with Gasteiger partial charge in [0.25, 0.3) is 0 Å². The molecule has 290 valence electrons. The number of aryl methyl sites for hydroxylation is 1. The summed E-state index contributed by atoms with van der Waals surface area (Å²) in [7, 11) is 1.66. The normalized spacial score (nSPS) is 13.7. The first-order chi connectivity index (χ1) is 27.0. The minimum Gasteiger partial charge on any atom is -0.497 e. The molecule has 1 unspecified atom stereocenters. The molecular formula is C47H50N2O6S. The van der Waals surface area contributed by atoms with E-state index in [2.05, 4.69) is 78.2 Å². The van der Waals surface area contributed by atoms with Crippen molar-refractivity contribution in [3.8, 4) is 16.9 Å². The van der Waals surface area contributed by atoms with Crippen LogP contribution in [0.25, 0.3) is 11.1 Å². The molecule has 5 aromatic rings. The standard InChI is InChI=1S/C47H50N2O6S/c1-32-19-21-34(22-20-32)47(33-13-7-6-8-14-33,35-23-25-36(53-5)26-24-35)56-30-29-48-43(50)28-27-42(44(51)55-46(2,3)4)49-45(52)54-31-41-39-17-11-9-15-37(39)38-16-10-12-18-40(38)41/h6-26,41-42H,27-31H2,1-5H3,(H,48,50)(H,49,52)/t42-,47?/m0/s1. The Bertz CT molecular complexity index is 2070. The predicted molar refractivity (Wildman–Crippen MR) is 223 cm³/mol. The topological polar surface area (TPSA) is 103 Å². The third kappa shape index (κ3) is 9.45. The molecule has 0 spiro atoms. The van der Waals surface area contributed by atoms with Gasteiger partial charge in [0.05, 0.1) is 11.9 Å². The van der Waals surface area contributed by atoms with Crippen LogP contribution in [0.2, 0.25) is 0 Å². The van der Waals surface area contributed by atoms with Crippen LogP contribution >= 0.6 is 11.8 Å². The van der Waals surface area contributed by atoms with Crippen molar-refractivity contribution in [1.29, 1.82) is 0 Å². The summed E-state index contributed by atoms with van der Waals surface area (Å²) in [4.78, 5) is 39.8. The molecule has 2 atom stereocenters. The maximum Gasteiger partial charge on any atom is 0.407 e. The number of nitrogens with one attached hydrogen (secondary N) is 2. The van der Waals surface area contributed by atoms with Crippen molar-refractivity contribution in [2.45, 2.75) is 62.8 Å². The molecular weight excluding hydrogens is 721 g/mol. The number of hydrogen-bond acceptors (Lipinski definition) is 7. The fourth-order valence-electron chi connectivity index (χ4n) is 7.20. The van der Waals surface area contributed by atoms with E-state index in [-0.39, 0.29) is 31.3 Å². The Labute approximate surface area is 334 Å². The van der Waals surface area contributed by atoms with Gasteiger partial charge in [-0.25, -0.2) is 9.59 Å². The van der Waals surface area contributed by atoms with Gasteiger partial charge in [-0.1, -0.05) is 121 Å². The van der Waals surface area contributed by atoms with Crippen LogP contribution < -0.4 is 15.4 Å². The molecule has 8 nitrogen and oxygen atoms in total. The molecule has 56 heavy (non-hydrogen) atoms. The number of carbonyl (C=O) groups excluding carboxylic acids is 3. The predicted octanol–water partition coefficient (Wildman–Crippen LogP) is 9.17. The number of amides is 2. The lowest BCUT2D eigenvalue weighted by Crippen LogP contribution is -2.45. The molecule has 9 heteroatoms. The molecule has 0 radical (unpaired) electrons. The second-order valence-corrected chi connectivity index (χ2v) is 16.2. The lowest BCUT2D eigenvalue weighted by molar-refractivity contribution is -0.157. The van der Waals surface area contributed by atoms with Crippen LogP contribution in [-0.4, -0.2) is 55.6 Å². The zero-order chi connectivity index (χ0) is 39.7. The second kappa shape index (κ2) is 17.9. The van der Waals surface area contributed by atoms with Crippen molar-refractivity contribution in [2.75, 3.05) is 26.0 Å². The molecule has 1 aliphatic carbocycles. The number of carbonyl (C=O) groups is 3. The number of benzene rings is 5. The van der Waals surface area contributed by atoms with E-state index in [9.17, 15) is 14.4 Å². The van der Waals surface area contributed by atoms with Gasteiger partial charge in [-0.15, -0.1) is 11.8 Å². The first-order valence-corrected chi connectivity index (χ1v) is 20.0. The molecule has 0 aliphatic heterocycles. The van der Waals surface area contributed by atoms with E-state index < -0.39 is 28.5 Å². The average molecular weight is 771 g/mol. The number of esters is 1. The van der Waals surface area contributed by atoms with E-state index in [1.165, 1.54) is 5.56 Å². The molecule has 0 saturated heterocycles. The SMILES string of the molecule is COc1ccc(C(SCCNC(=O)CC[C@H](NC(=O)OCC2c3ccccc3-c3ccccc32)C(=O)OC(C)(C)C)(c2ccccc2)c2ccc(C)cc2)cc1. The molecule has 6 rings (SSSR count). The number of thioether (sulfide) groups is 1. The molecule has 0 bridgehead atoms. The van der Waals surface area contributed by atoms with Crippen LogP contribution in [0.4, 0.5) is 4.79 Å². The van der Waals surface area contributed by atoms with Crippen LogP contribution in [-0.2, 0) is 23.8 Å². The van der Waals surface area contributed by atoms with E-state index in [0.29, 0.717) is 12.3 Å². The Kier molecular flexibility index (Phi) is 12.9. The summed E-state index contributed by atoms with van der Waals surface area (Å²) >= 11 is 1.74. The van der Waals surface area contributed by atoms with E-state index >= 15 is 0 Å². The van der Waals surface area contributed by atoms with E-state index in [4.69, 9.17) is 14.2 Å². The van der Waals surface area contributed by atoms with E-state index in [1.54, 1.807) is 39.6 Å².